The van der Waals surface area contributed by atoms with Crippen LogP contribution < -0.4 is 5.32 Å². The number of amides is 1. The summed E-state index contributed by atoms with van der Waals surface area (Å²) in [6, 6.07) is 6.57. The molecular weight excluding hydrogens is 250 g/mol. The zero-order chi connectivity index (χ0) is 14.0. The molecule has 0 saturated carbocycles. The number of carbonyl (C=O) groups is 1. The third-order valence-electron chi connectivity index (χ3n) is 2.48. The Labute approximate surface area is 108 Å². The van der Waals surface area contributed by atoms with Gasteiger partial charge in [0.15, 0.2) is 9.84 Å². The molecule has 0 saturated heterocycles. The molecule has 0 heterocycles. The molecule has 0 aliphatic heterocycles. The van der Waals surface area contributed by atoms with E-state index < -0.39 is 15.3 Å². The van der Waals surface area contributed by atoms with Crippen molar-refractivity contribution in [2.24, 2.45) is 5.41 Å². The smallest absolute Gasteiger partial charge is 0.226 e. The van der Waals surface area contributed by atoms with Crippen LogP contribution in [0.15, 0.2) is 29.2 Å². The lowest BCUT2D eigenvalue weighted by molar-refractivity contribution is -0.128. The van der Waals surface area contributed by atoms with Crippen LogP contribution in [0, 0.1) is 12.3 Å². The van der Waals surface area contributed by atoms with Gasteiger partial charge in [0.25, 0.3) is 0 Å². The van der Waals surface area contributed by atoms with Crippen molar-refractivity contribution < 1.29 is 13.2 Å². The minimum absolute atomic E-state index is 0.224. The van der Waals surface area contributed by atoms with Crippen molar-refractivity contribution in [1.82, 2.24) is 5.32 Å². The second-order valence-corrected chi connectivity index (χ2v) is 7.32. The summed E-state index contributed by atoms with van der Waals surface area (Å²) in [5, 5.41) is 2.45. The van der Waals surface area contributed by atoms with Crippen LogP contribution in [0.2, 0.25) is 0 Å². The lowest BCUT2D eigenvalue weighted by atomic mass is 9.96. The maximum atomic E-state index is 12.0. The first-order valence-corrected chi connectivity index (χ1v) is 7.36. The summed E-state index contributed by atoms with van der Waals surface area (Å²) >= 11 is 0. The molecule has 1 rings (SSSR count). The highest BCUT2D eigenvalue weighted by atomic mass is 32.2. The number of carbonyl (C=O) groups excluding carboxylic acids is 1. The van der Waals surface area contributed by atoms with Crippen LogP contribution in [-0.2, 0) is 14.6 Å². The Bertz CT molecular complexity index is 524. The third-order valence-corrected chi connectivity index (χ3v) is 4.00. The zero-order valence-electron chi connectivity index (χ0n) is 11.1. The first kappa shape index (κ1) is 14.7. The fourth-order valence-electron chi connectivity index (χ4n) is 1.25. The molecule has 1 N–H and O–H groups in total. The Morgan fingerprint density at radius 3 is 2.11 bits per heavy atom. The van der Waals surface area contributed by atoms with E-state index in [1.165, 1.54) is 0 Å². The van der Waals surface area contributed by atoms with Crippen LogP contribution in [0.4, 0.5) is 0 Å². The van der Waals surface area contributed by atoms with Crippen molar-refractivity contribution in [2.75, 3.05) is 5.88 Å². The van der Waals surface area contributed by atoms with Crippen LogP contribution in [0.25, 0.3) is 0 Å². The van der Waals surface area contributed by atoms with Crippen LogP contribution in [0.1, 0.15) is 26.3 Å². The van der Waals surface area contributed by atoms with Gasteiger partial charge in [0.05, 0.1) is 4.90 Å². The monoisotopic (exact) mass is 269 g/mol. The summed E-state index contributed by atoms with van der Waals surface area (Å²) in [5.74, 6) is -0.648. The normalized spacial score (nSPS) is 12.2. The van der Waals surface area contributed by atoms with Gasteiger partial charge in [-0.3, -0.25) is 4.79 Å². The lowest BCUT2D eigenvalue weighted by Gasteiger charge is -2.17. The number of nitrogens with one attached hydrogen (secondary N) is 1. The molecule has 0 unspecified atom stereocenters. The minimum Gasteiger partial charge on any atom is -0.341 e. The predicted molar refractivity (Wildman–Crippen MR) is 70.8 cm³/mol. The van der Waals surface area contributed by atoms with Gasteiger partial charge < -0.3 is 5.32 Å². The molecular formula is C13H19NO3S. The molecule has 0 fully saturated rings. The summed E-state index contributed by atoms with van der Waals surface area (Å²) < 4.78 is 23.9. The summed E-state index contributed by atoms with van der Waals surface area (Å²) in [5.41, 5.74) is 0.399. The summed E-state index contributed by atoms with van der Waals surface area (Å²) in [6.07, 6.45) is 0. The van der Waals surface area contributed by atoms with E-state index in [2.05, 4.69) is 5.32 Å². The average Bonchev–Trinajstić information content (AvgIpc) is 2.25. The fraction of sp³-hybridized carbons (Fsp3) is 0.462. The van der Waals surface area contributed by atoms with Crippen LogP contribution in [0.3, 0.4) is 0 Å². The van der Waals surface area contributed by atoms with Crippen molar-refractivity contribution >= 4 is 15.7 Å². The first-order chi connectivity index (χ1) is 8.13. The van der Waals surface area contributed by atoms with E-state index >= 15 is 0 Å². The molecule has 18 heavy (non-hydrogen) atoms. The highest BCUT2D eigenvalue weighted by Gasteiger charge is 2.23. The number of hydrogen-bond acceptors (Lipinski definition) is 3. The second kappa shape index (κ2) is 5.10. The minimum atomic E-state index is -3.46. The Morgan fingerprint density at radius 1 is 1.17 bits per heavy atom. The maximum absolute atomic E-state index is 12.0. The Kier molecular flexibility index (Phi) is 4.16. The Balaban J connectivity index is 2.78. The van der Waals surface area contributed by atoms with Crippen LogP contribution in [-0.4, -0.2) is 20.2 Å². The molecule has 1 aromatic carbocycles. The topological polar surface area (TPSA) is 63.2 Å². The second-order valence-electron chi connectivity index (χ2n) is 5.33. The van der Waals surface area contributed by atoms with E-state index in [1.807, 2.05) is 6.92 Å². The number of hydrogen-bond donors (Lipinski definition) is 1. The summed E-state index contributed by atoms with van der Waals surface area (Å²) in [6.45, 7) is 7.10. The maximum Gasteiger partial charge on any atom is 0.226 e. The van der Waals surface area contributed by atoms with Gasteiger partial charge in [0.1, 0.15) is 5.88 Å². The molecule has 0 aromatic heterocycles. The van der Waals surface area contributed by atoms with E-state index in [4.69, 9.17) is 0 Å². The van der Waals surface area contributed by atoms with Crippen LogP contribution >= 0.6 is 0 Å². The summed E-state index contributed by atoms with van der Waals surface area (Å²) in [4.78, 5) is 11.8. The molecule has 0 aliphatic rings. The van der Waals surface area contributed by atoms with Gasteiger partial charge in [-0.1, -0.05) is 38.5 Å². The Hall–Kier alpha value is -1.36. The van der Waals surface area contributed by atoms with E-state index in [9.17, 15) is 13.2 Å². The average molecular weight is 269 g/mol. The van der Waals surface area contributed by atoms with Crippen molar-refractivity contribution in [3.05, 3.63) is 29.8 Å². The standard InChI is InChI=1S/C13H19NO3S/c1-10-5-7-11(8-6-10)18(16,17)9-14-12(15)13(2,3)4/h5-8H,9H2,1-4H3,(H,14,15). The molecule has 0 aliphatic carbocycles. The quantitative estimate of drug-likeness (QED) is 0.911. The van der Waals surface area contributed by atoms with Crippen molar-refractivity contribution in [3.63, 3.8) is 0 Å². The molecule has 0 atom stereocenters. The van der Waals surface area contributed by atoms with E-state index in [1.54, 1.807) is 45.0 Å². The lowest BCUT2D eigenvalue weighted by Crippen LogP contribution is -2.37. The predicted octanol–water partition coefficient (Wildman–Crippen LogP) is 1.89. The molecule has 1 aromatic rings. The molecule has 0 spiro atoms. The highest BCUT2D eigenvalue weighted by molar-refractivity contribution is 7.91. The molecule has 0 bridgehead atoms. The summed E-state index contributed by atoms with van der Waals surface area (Å²) in [7, 11) is -3.46. The number of sulfone groups is 1. The SMILES string of the molecule is Cc1ccc(S(=O)(=O)CNC(=O)C(C)(C)C)cc1. The number of aryl methyl sites for hydroxylation is 1. The fourth-order valence-corrected chi connectivity index (χ4v) is 2.29. The molecule has 0 radical (unpaired) electrons. The van der Waals surface area contributed by atoms with Gasteiger partial charge in [0.2, 0.25) is 5.91 Å². The molecule has 100 valence electrons. The van der Waals surface area contributed by atoms with Gasteiger partial charge in [-0.05, 0) is 19.1 Å². The zero-order valence-corrected chi connectivity index (χ0v) is 12.0. The van der Waals surface area contributed by atoms with Crippen molar-refractivity contribution in [3.8, 4) is 0 Å². The van der Waals surface area contributed by atoms with E-state index in [-0.39, 0.29) is 16.7 Å². The number of benzene rings is 1. The Morgan fingerprint density at radius 2 is 1.67 bits per heavy atom. The highest BCUT2D eigenvalue weighted by Crippen LogP contribution is 2.14. The first-order valence-electron chi connectivity index (χ1n) is 5.71. The molecule has 1 amide bonds. The third kappa shape index (κ3) is 3.84. The molecule has 5 heteroatoms. The van der Waals surface area contributed by atoms with E-state index in [0.717, 1.165) is 5.56 Å². The van der Waals surface area contributed by atoms with Crippen molar-refractivity contribution in [2.45, 2.75) is 32.6 Å². The molecule has 4 nitrogen and oxygen atoms in total. The van der Waals surface area contributed by atoms with Gasteiger partial charge in [-0.15, -0.1) is 0 Å². The van der Waals surface area contributed by atoms with Gasteiger partial charge in [-0.25, -0.2) is 8.42 Å². The van der Waals surface area contributed by atoms with Crippen LogP contribution in [0.5, 0.6) is 0 Å². The number of rotatable bonds is 3. The van der Waals surface area contributed by atoms with Gasteiger partial charge in [-0.2, -0.15) is 0 Å². The van der Waals surface area contributed by atoms with Crippen molar-refractivity contribution in [1.29, 1.82) is 0 Å². The largest absolute Gasteiger partial charge is 0.341 e. The van der Waals surface area contributed by atoms with Gasteiger partial charge in [0, 0.05) is 5.41 Å². The van der Waals surface area contributed by atoms with Gasteiger partial charge >= 0.3 is 0 Å². The van der Waals surface area contributed by atoms with E-state index in [0.29, 0.717) is 0 Å².